The Morgan fingerprint density at radius 2 is 2.42 bits per heavy atom. The summed E-state index contributed by atoms with van der Waals surface area (Å²) in [6.45, 7) is 1.99. The Bertz CT molecular complexity index is 667. The number of aliphatic hydroxyl groups is 1. The van der Waals surface area contributed by atoms with Gasteiger partial charge in [-0.05, 0) is 38.3 Å². The highest BCUT2D eigenvalue weighted by Crippen LogP contribution is 2.34. The van der Waals surface area contributed by atoms with Crippen LogP contribution in [0.25, 0.3) is 11.0 Å². The Balaban J connectivity index is 2.08. The minimum atomic E-state index is -0.390. The number of anilines is 1. The van der Waals surface area contributed by atoms with Crippen LogP contribution in [-0.2, 0) is 0 Å². The Morgan fingerprint density at radius 3 is 3.16 bits per heavy atom. The van der Waals surface area contributed by atoms with Gasteiger partial charge in [-0.15, -0.1) is 0 Å². The third kappa shape index (κ3) is 2.10. The first-order valence-corrected chi connectivity index (χ1v) is 6.53. The molecule has 0 amide bonds. The van der Waals surface area contributed by atoms with E-state index in [1.807, 2.05) is 19.1 Å². The summed E-state index contributed by atoms with van der Waals surface area (Å²) in [5.74, 6) is 0. The van der Waals surface area contributed by atoms with Crippen molar-refractivity contribution in [2.75, 3.05) is 5.32 Å². The number of aromatic amines is 1. The number of fused-ring (bicyclic) bond motifs is 1. The van der Waals surface area contributed by atoms with Crippen LogP contribution < -0.4 is 10.9 Å². The first-order chi connectivity index (χ1) is 9.08. The molecule has 0 aromatic carbocycles. The van der Waals surface area contributed by atoms with Crippen LogP contribution in [0.1, 0.15) is 26.2 Å². The summed E-state index contributed by atoms with van der Waals surface area (Å²) in [6, 6.07) is 5.27. The molecular weight excluding hydrogens is 242 g/mol. The number of pyridine rings is 2. The number of nitrogens with zero attached hydrogens (tertiary/aromatic N) is 1. The van der Waals surface area contributed by atoms with E-state index in [4.69, 9.17) is 0 Å². The summed E-state index contributed by atoms with van der Waals surface area (Å²) in [5.41, 5.74) is 0.727. The Labute approximate surface area is 110 Å². The molecule has 1 fully saturated rings. The quantitative estimate of drug-likeness (QED) is 0.766. The molecule has 19 heavy (non-hydrogen) atoms. The summed E-state index contributed by atoms with van der Waals surface area (Å²) in [4.78, 5) is 18.5. The van der Waals surface area contributed by atoms with E-state index in [1.165, 1.54) is 6.07 Å². The third-order valence-corrected chi connectivity index (χ3v) is 3.94. The molecule has 0 aliphatic heterocycles. The molecule has 0 bridgehead atoms. The van der Waals surface area contributed by atoms with Crippen LogP contribution in [0.15, 0.2) is 29.2 Å². The molecule has 2 aromatic heterocycles. The van der Waals surface area contributed by atoms with Crippen molar-refractivity contribution in [3.05, 3.63) is 34.7 Å². The van der Waals surface area contributed by atoms with E-state index in [-0.39, 0.29) is 11.1 Å². The number of nitrogens with one attached hydrogen (secondary N) is 2. The van der Waals surface area contributed by atoms with Crippen LogP contribution in [0.4, 0.5) is 5.69 Å². The van der Waals surface area contributed by atoms with Gasteiger partial charge in [0.1, 0.15) is 5.65 Å². The molecule has 100 valence electrons. The number of hydrogen-bond acceptors (Lipinski definition) is 4. The van der Waals surface area contributed by atoms with E-state index in [1.54, 1.807) is 6.20 Å². The summed E-state index contributed by atoms with van der Waals surface area (Å²) >= 11 is 0. The maximum absolute atomic E-state index is 11.7. The molecule has 1 aliphatic rings. The summed E-state index contributed by atoms with van der Waals surface area (Å²) in [7, 11) is 0. The minimum Gasteiger partial charge on any atom is -0.391 e. The second-order valence-corrected chi connectivity index (χ2v) is 5.40. The maximum atomic E-state index is 11.7. The van der Waals surface area contributed by atoms with Crippen LogP contribution in [0, 0.1) is 0 Å². The second-order valence-electron chi connectivity index (χ2n) is 5.40. The van der Waals surface area contributed by atoms with Crippen molar-refractivity contribution in [1.29, 1.82) is 0 Å². The largest absolute Gasteiger partial charge is 0.391 e. The molecule has 1 aliphatic carbocycles. The van der Waals surface area contributed by atoms with Crippen LogP contribution in [0.5, 0.6) is 0 Å². The number of hydrogen-bond donors (Lipinski definition) is 3. The highest BCUT2D eigenvalue weighted by Gasteiger charge is 2.37. The van der Waals surface area contributed by atoms with E-state index in [0.29, 0.717) is 5.65 Å². The van der Waals surface area contributed by atoms with Gasteiger partial charge in [-0.1, -0.05) is 0 Å². The van der Waals surface area contributed by atoms with Crippen molar-refractivity contribution in [2.24, 2.45) is 0 Å². The van der Waals surface area contributed by atoms with E-state index in [2.05, 4.69) is 15.3 Å². The predicted octanol–water partition coefficient (Wildman–Crippen LogP) is 1.64. The minimum absolute atomic E-state index is 0.190. The van der Waals surface area contributed by atoms with Gasteiger partial charge in [-0.2, -0.15) is 0 Å². The molecule has 2 atom stereocenters. The van der Waals surface area contributed by atoms with Gasteiger partial charge in [-0.3, -0.25) is 4.79 Å². The van der Waals surface area contributed by atoms with Gasteiger partial charge < -0.3 is 15.4 Å². The molecule has 5 heteroatoms. The van der Waals surface area contributed by atoms with Gasteiger partial charge in [0.15, 0.2) is 0 Å². The van der Waals surface area contributed by atoms with Crippen molar-refractivity contribution >= 4 is 16.7 Å². The molecule has 2 aromatic rings. The molecule has 5 nitrogen and oxygen atoms in total. The average Bonchev–Trinajstić information content (AvgIpc) is 2.69. The lowest BCUT2D eigenvalue weighted by Gasteiger charge is -2.31. The Hall–Kier alpha value is -1.88. The molecule has 3 rings (SSSR count). The highest BCUT2D eigenvalue weighted by molar-refractivity contribution is 5.88. The van der Waals surface area contributed by atoms with E-state index in [9.17, 15) is 9.90 Å². The zero-order chi connectivity index (χ0) is 13.5. The lowest BCUT2D eigenvalue weighted by Crippen LogP contribution is -2.42. The Kier molecular flexibility index (Phi) is 2.78. The number of rotatable bonds is 2. The molecule has 0 saturated heterocycles. The number of aliphatic hydroxyl groups excluding tert-OH is 1. The fraction of sp³-hybridized carbons (Fsp3) is 0.429. The SMILES string of the molecule is CC1(Nc2cc(=O)[nH]c3ncccc23)CCCC1O. The highest BCUT2D eigenvalue weighted by atomic mass is 16.3. The van der Waals surface area contributed by atoms with Gasteiger partial charge in [0.25, 0.3) is 5.56 Å². The van der Waals surface area contributed by atoms with E-state index < -0.39 is 6.10 Å². The number of aromatic nitrogens is 2. The van der Waals surface area contributed by atoms with Crippen molar-refractivity contribution in [3.63, 3.8) is 0 Å². The van der Waals surface area contributed by atoms with Crippen molar-refractivity contribution < 1.29 is 5.11 Å². The smallest absolute Gasteiger partial charge is 0.251 e. The third-order valence-electron chi connectivity index (χ3n) is 3.94. The molecule has 0 radical (unpaired) electrons. The topological polar surface area (TPSA) is 78.0 Å². The molecule has 2 heterocycles. The second kappa shape index (κ2) is 4.35. The monoisotopic (exact) mass is 259 g/mol. The van der Waals surface area contributed by atoms with Gasteiger partial charge in [0.05, 0.1) is 17.3 Å². The zero-order valence-electron chi connectivity index (χ0n) is 10.8. The fourth-order valence-corrected chi connectivity index (χ4v) is 2.79. The first kappa shape index (κ1) is 12.2. The normalized spacial score (nSPS) is 26.7. The maximum Gasteiger partial charge on any atom is 0.251 e. The molecule has 3 N–H and O–H groups in total. The van der Waals surface area contributed by atoms with Gasteiger partial charge in [0.2, 0.25) is 0 Å². The summed E-state index contributed by atoms with van der Waals surface area (Å²) in [5, 5.41) is 14.3. The molecule has 0 spiro atoms. The lowest BCUT2D eigenvalue weighted by molar-refractivity contribution is 0.131. The molecular formula is C14H17N3O2. The number of H-pyrrole nitrogens is 1. The average molecular weight is 259 g/mol. The Morgan fingerprint density at radius 1 is 1.58 bits per heavy atom. The van der Waals surface area contributed by atoms with Gasteiger partial charge >= 0.3 is 0 Å². The van der Waals surface area contributed by atoms with Crippen molar-refractivity contribution in [1.82, 2.24) is 9.97 Å². The van der Waals surface area contributed by atoms with Gasteiger partial charge in [0, 0.05) is 17.6 Å². The zero-order valence-corrected chi connectivity index (χ0v) is 10.8. The first-order valence-electron chi connectivity index (χ1n) is 6.53. The standard InChI is InChI=1S/C14H17N3O2/c1-14(6-2-5-11(14)18)17-10-8-12(19)16-13-9(10)4-3-7-15-13/h3-4,7-8,11,18H,2,5-6H2,1H3,(H2,15,16,17,19). The van der Waals surface area contributed by atoms with Crippen molar-refractivity contribution in [3.8, 4) is 0 Å². The molecule has 2 unspecified atom stereocenters. The van der Waals surface area contributed by atoms with Crippen LogP contribution in [0.3, 0.4) is 0 Å². The molecule has 1 saturated carbocycles. The summed E-state index contributed by atoms with van der Waals surface area (Å²) < 4.78 is 0. The van der Waals surface area contributed by atoms with Gasteiger partial charge in [-0.25, -0.2) is 4.98 Å². The van der Waals surface area contributed by atoms with Crippen LogP contribution in [0.2, 0.25) is 0 Å². The lowest BCUT2D eigenvalue weighted by atomic mass is 9.97. The fourth-order valence-electron chi connectivity index (χ4n) is 2.79. The predicted molar refractivity (Wildman–Crippen MR) is 74.2 cm³/mol. The van der Waals surface area contributed by atoms with Crippen LogP contribution in [-0.4, -0.2) is 26.7 Å². The van der Waals surface area contributed by atoms with E-state index >= 15 is 0 Å². The summed E-state index contributed by atoms with van der Waals surface area (Å²) in [6.07, 6.45) is 3.93. The van der Waals surface area contributed by atoms with E-state index in [0.717, 1.165) is 30.3 Å². The van der Waals surface area contributed by atoms with Crippen LogP contribution >= 0.6 is 0 Å². The van der Waals surface area contributed by atoms with Crippen molar-refractivity contribution in [2.45, 2.75) is 37.8 Å².